The van der Waals surface area contributed by atoms with E-state index in [-0.39, 0.29) is 11.6 Å². The predicted molar refractivity (Wildman–Crippen MR) is 66.7 cm³/mol. The molecule has 2 saturated carbocycles. The van der Waals surface area contributed by atoms with E-state index in [1.165, 1.54) is 0 Å². The summed E-state index contributed by atoms with van der Waals surface area (Å²) in [4.78, 5) is 11.8. The van der Waals surface area contributed by atoms with Crippen molar-refractivity contribution in [3.8, 4) is 0 Å². The molecule has 4 nitrogen and oxygen atoms in total. The molecule has 4 heteroatoms. The molecule has 0 aromatic heterocycles. The molecule has 2 fully saturated rings. The van der Waals surface area contributed by atoms with E-state index < -0.39 is 5.60 Å². The summed E-state index contributed by atoms with van der Waals surface area (Å²) in [5, 5.41) is 3.07. The second-order valence-electron chi connectivity index (χ2n) is 6.55. The Labute approximate surface area is 103 Å². The van der Waals surface area contributed by atoms with E-state index in [0.717, 1.165) is 32.1 Å². The summed E-state index contributed by atoms with van der Waals surface area (Å²) in [7, 11) is 0. The summed E-state index contributed by atoms with van der Waals surface area (Å²) in [6.45, 7) is 5.66. The molecular weight excluding hydrogens is 216 g/mol. The molecule has 0 saturated heterocycles. The largest absolute Gasteiger partial charge is 0.444 e. The van der Waals surface area contributed by atoms with Crippen molar-refractivity contribution in [3.05, 3.63) is 0 Å². The van der Waals surface area contributed by atoms with Crippen LogP contribution < -0.4 is 11.1 Å². The smallest absolute Gasteiger partial charge is 0.408 e. The molecule has 2 unspecified atom stereocenters. The predicted octanol–water partition coefficient (Wildman–Crippen LogP) is 2.17. The maximum Gasteiger partial charge on any atom is 0.408 e. The Balaban J connectivity index is 1.88. The third-order valence-electron chi connectivity index (χ3n) is 3.79. The third-order valence-corrected chi connectivity index (χ3v) is 3.79. The van der Waals surface area contributed by atoms with Crippen LogP contribution >= 0.6 is 0 Å². The first-order valence-corrected chi connectivity index (χ1v) is 6.57. The molecule has 1 amide bonds. The van der Waals surface area contributed by atoms with Crippen molar-refractivity contribution < 1.29 is 9.53 Å². The monoisotopic (exact) mass is 240 g/mol. The van der Waals surface area contributed by atoms with Gasteiger partial charge in [0.1, 0.15) is 5.60 Å². The molecular formula is C13H24N2O2. The number of amides is 1. The van der Waals surface area contributed by atoms with Crippen LogP contribution in [0.3, 0.4) is 0 Å². The molecule has 3 N–H and O–H groups in total. The standard InChI is InChI=1S/C13H24N2O2/c1-12(2,3)17-11(16)15-13(6-7-13)9-4-5-10(14)8-9/h9-10H,4-8,14H2,1-3H3,(H,15,16). The van der Waals surface area contributed by atoms with Gasteiger partial charge in [-0.2, -0.15) is 0 Å². The lowest BCUT2D eigenvalue weighted by molar-refractivity contribution is 0.0474. The van der Waals surface area contributed by atoms with Crippen molar-refractivity contribution in [2.75, 3.05) is 0 Å². The minimum atomic E-state index is -0.424. The first kappa shape index (κ1) is 12.7. The van der Waals surface area contributed by atoms with Gasteiger partial charge in [-0.15, -0.1) is 0 Å². The minimum Gasteiger partial charge on any atom is -0.444 e. The van der Waals surface area contributed by atoms with Gasteiger partial charge >= 0.3 is 6.09 Å². The molecule has 17 heavy (non-hydrogen) atoms. The van der Waals surface area contributed by atoms with Gasteiger partial charge in [-0.05, 0) is 58.8 Å². The number of nitrogens with two attached hydrogens (primary N) is 1. The van der Waals surface area contributed by atoms with Crippen LogP contribution in [-0.4, -0.2) is 23.3 Å². The fourth-order valence-electron chi connectivity index (χ4n) is 2.80. The molecule has 0 heterocycles. The Kier molecular flexibility index (Phi) is 3.10. The molecule has 98 valence electrons. The first-order chi connectivity index (χ1) is 7.81. The Morgan fingerprint density at radius 3 is 2.41 bits per heavy atom. The molecule has 2 aliphatic carbocycles. The quantitative estimate of drug-likeness (QED) is 0.777. The Bertz CT molecular complexity index is 305. The van der Waals surface area contributed by atoms with E-state index in [0.29, 0.717) is 12.0 Å². The number of carbonyl (C=O) groups is 1. The second kappa shape index (κ2) is 4.16. The van der Waals surface area contributed by atoms with Crippen LogP contribution in [0.2, 0.25) is 0 Å². The number of carbonyl (C=O) groups excluding carboxylic acids is 1. The lowest BCUT2D eigenvalue weighted by atomic mass is 9.95. The van der Waals surface area contributed by atoms with Crippen LogP contribution in [-0.2, 0) is 4.74 Å². The molecule has 0 aromatic rings. The van der Waals surface area contributed by atoms with Gasteiger partial charge in [0.2, 0.25) is 0 Å². The number of rotatable bonds is 2. The Morgan fingerprint density at radius 2 is 2.00 bits per heavy atom. The second-order valence-corrected chi connectivity index (χ2v) is 6.55. The van der Waals surface area contributed by atoms with Crippen LogP contribution in [0.25, 0.3) is 0 Å². The zero-order valence-corrected chi connectivity index (χ0v) is 11.1. The fourth-order valence-corrected chi connectivity index (χ4v) is 2.80. The number of nitrogens with one attached hydrogen (secondary N) is 1. The van der Waals surface area contributed by atoms with Gasteiger partial charge in [0.05, 0.1) is 0 Å². The normalized spacial score (nSPS) is 31.1. The van der Waals surface area contributed by atoms with Gasteiger partial charge in [0, 0.05) is 11.6 Å². The first-order valence-electron chi connectivity index (χ1n) is 6.57. The lowest BCUT2D eigenvalue weighted by Gasteiger charge is -2.27. The van der Waals surface area contributed by atoms with Crippen molar-refractivity contribution in [2.45, 2.75) is 70.1 Å². The van der Waals surface area contributed by atoms with E-state index in [2.05, 4.69) is 5.32 Å². The van der Waals surface area contributed by atoms with Crippen LogP contribution in [0, 0.1) is 5.92 Å². The number of alkyl carbamates (subject to hydrolysis) is 1. The van der Waals surface area contributed by atoms with Crippen LogP contribution in [0.4, 0.5) is 4.79 Å². The number of hydrogen-bond acceptors (Lipinski definition) is 3. The van der Waals surface area contributed by atoms with Crippen molar-refractivity contribution in [2.24, 2.45) is 11.7 Å². The van der Waals surface area contributed by atoms with Crippen molar-refractivity contribution in [1.82, 2.24) is 5.32 Å². The molecule has 2 rings (SSSR count). The highest BCUT2D eigenvalue weighted by molar-refractivity contribution is 5.69. The number of ether oxygens (including phenoxy) is 1. The highest BCUT2D eigenvalue weighted by atomic mass is 16.6. The summed E-state index contributed by atoms with van der Waals surface area (Å²) in [6.07, 6.45) is 5.12. The molecule has 0 aliphatic heterocycles. The molecule has 0 bridgehead atoms. The van der Waals surface area contributed by atoms with E-state index in [9.17, 15) is 4.79 Å². The van der Waals surface area contributed by atoms with Crippen LogP contribution in [0.1, 0.15) is 52.9 Å². The number of hydrogen-bond donors (Lipinski definition) is 2. The summed E-state index contributed by atoms with van der Waals surface area (Å²) in [5.74, 6) is 0.546. The van der Waals surface area contributed by atoms with Crippen LogP contribution in [0.15, 0.2) is 0 Å². The van der Waals surface area contributed by atoms with E-state index in [4.69, 9.17) is 10.5 Å². The van der Waals surface area contributed by atoms with Crippen molar-refractivity contribution >= 4 is 6.09 Å². The maximum atomic E-state index is 11.8. The van der Waals surface area contributed by atoms with Gasteiger partial charge in [-0.1, -0.05) is 0 Å². The topological polar surface area (TPSA) is 64.3 Å². The fraction of sp³-hybridized carbons (Fsp3) is 0.923. The SMILES string of the molecule is CC(C)(C)OC(=O)NC1(C2CCC(N)C2)CC1. The van der Waals surface area contributed by atoms with Gasteiger partial charge in [0.15, 0.2) is 0 Å². The summed E-state index contributed by atoms with van der Waals surface area (Å²) < 4.78 is 5.32. The van der Waals surface area contributed by atoms with E-state index in [1.807, 2.05) is 20.8 Å². The Morgan fingerprint density at radius 1 is 1.35 bits per heavy atom. The van der Waals surface area contributed by atoms with Crippen molar-refractivity contribution in [3.63, 3.8) is 0 Å². The van der Waals surface area contributed by atoms with E-state index >= 15 is 0 Å². The lowest BCUT2D eigenvalue weighted by Crippen LogP contribution is -2.44. The van der Waals surface area contributed by atoms with Gasteiger partial charge < -0.3 is 15.8 Å². The van der Waals surface area contributed by atoms with Crippen molar-refractivity contribution in [1.29, 1.82) is 0 Å². The molecule has 2 atom stereocenters. The molecule has 0 radical (unpaired) electrons. The molecule has 2 aliphatic rings. The van der Waals surface area contributed by atoms with Gasteiger partial charge in [0.25, 0.3) is 0 Å². The van der Waals surface area contributed by atoms with Crippen LogP contribution in [0.5, 0.6) is 0 Å². The summed E-state index contributed by atoms with van der Waals surface area (Å²) in [5.41, 5.74) is 5.51. The zero-order valence-electron chi connectivity index (χ0n) is 11.1. The zero-order chi connectivity index (χ0) is 12.7. The minimum absolute atomic E-state index is 0.00352. The molecule has 0 aromatic carbocycles. The average molecular weight is 240 g/mol. The van der Waals surface area contributed by atoms with E-state index in [1.54, 1.807) is 0 Å². The molecule has 0 spiro atoms. The summed E-state index contributed by atoms with van der Waals surface area (Å²) in [6, 6.07) is 0.318. The third kappa shape index (κ3) is 3.12. The maximum absolute atomic E-state index is 11.8. The Hall–Kier alpha value is -0.770. The summed E-state index contributed by atoms with van der Waals surface area (Å²) >= 11 is 0. The highest BCUT2D eigenvalue weighted by Gasteiger charge is 2.52. The average Bonchev–Trinajstić information content (AvgIpc) is 2.77. The van der Waals surface area contributed by atoms with Gasteiger partial charge in [-0.25, -0.2) is 4.79 Å². The highest BCUT2D eigenvalue weighted by Crippen LogP contribution is 2.49. The van der Waals surface area contributed by atoms with Gasteiger partial charge in [-0.3, -0.25) is 0 Å².